The van der Waals surface area contributed by atoms with Crippen LogP contribution in [0.5, 0.6) is 0 Å². The molecule has 0 bridgehead atoms. The largest absolute Gasteiger partial charge is 0.354 e. The lowest BCUT2D eigenvalue weighted by Crippen LogP contribution is -2.03. The average Bonchev–Trinajstić information content (AvgIpc) is 2.34. The van der Waals surface area contributed by atoms with E-state index in [1.54, 1.807) is 6.20 Å². The number of nitrogens with zero attached hydrogens (tertiary/aromatic N) is 2. The predicted octanol–water partition coefficient (Wildman–Crippen LogP) is 4.02. The van der Waals surface area contributed by atoms with Gasteiger partial charge in [-0.1, -0.05) is 0 Å². The van der Waals surface area contributed by atoms with Gasteiger partial charge in [0.05, 0.1) is 5.69 Å². The fourth-order valence-electron chi connectivity index (χ4n) is 1.40. The number of nitrogens with one attached hydrogen (secondary N) is 2. The van der Waals surface area contributed by atoms with Crippen molar-refractivity contribution in [2.75, 3.05) is 17.2 Å². The van der Waals surface area contributed by atoms with Gasteiger partial charge in [-0.25, -0.2) is 4.98 Å². The van der Waals surface area contributed by atoms with E-state index in [1.807, 2.05) is 25.1 Å². The van der Waals surface area contributed by atoms with E-state index in [0.717, 1.165) is 22.5 Å². The molecule has 6 heteroatoms. The van der Waals surface area contributed by atoms with Gasteiger partial charge in [0.25, 0.3) is 0 Å². The van der Waals surface area contributed by atoms with Crippen molar-refractivity contribution in [3.8, 4) is 0 Å². The molecule has 0 fully saturated rings. The lowest BCUT2D eigenvalue weighted by Gasteiger charge is -2.09. The molecule has 0 atom stereocenters. The van der Waals surface area contributed by atoms with Crippen LogP contribution in [-0.4, -0.2) is 16.5 Å². The summed E-state index contributed by atoms with van der Waals surface area (Å²) in [5.41, 5.74) is 0.983. The summed E-state index contributed by atoms with van der Waals surface area (Å²) < 4.78 is 2.19. The van der Waals surface area contributed by atoms with E-state index in [1.165, 1.54) is 3.57 Å². The Kier molecular flexibility index (Phi) is 4.76. The number of hydrogen-bond acceptors (Lipinski definition) is 4. The molecule has 1 heterocycles. The van der Waals surface area contributed by atoms with E-state index in [0.29, 0.717) is 5.95 Å². The highest BCUT2D eigenvalue weighted by atomic mass is 127. The minimum absolute atomic E-state index is 0.629. The third-order valence-corrected chi connectivity index (χ3v) is 3.51. The van der Waals surface area contributed by atoms with Gasteiger partial charge < -0.3 is 10.6 Å². The van der Waals surface area contributed by atoms with Crippen molar-refractivity contribution < 1.29 is 0 Å². The first-order chi connectivity index (χ1) is 8.69. The van der Waals surface area contributed by atoms with Crippen molar-refractivity contribution in [3.05, 3.63) is 38.5 Å². The molecule has 2 rings (SSSR count). The summed E-state index contributed by atoms with van der Waals surface area (Å²) in [6, 6.07) is 7.95. The Hall–Kier alpha value is -0.890. The zero-order chi connectivity index (χ0) is 13.0. The molecule has 1 aromatic carbocycles. The van der Waals surface area contributed by atoms with Crippen LogP contribution in [0.3, 0.4) is 0 Å². The zero-order valence-corrected chi connectivity index (χ0v) is 13.5. The summed E-state index contributed by atoms with van der Waals surface area (Å²) in [4.78, 5) is 8.50. The fourth-order valence-corrected chi connectivity index (χ4v) is 2.80. The van der Waals surface area contributed by atoms with Crippen LogP contribution in [-0.2, 0) is 0 Å². The van der Waals surface area contributed by atoms with Crippen LogP contribution in [0.25, 0.3) is 0 Å². The van der Waals surface area contributed by atoms with Gasteiger partial charge in [-0.3, -0.25) is 0 Å². The maximum absolute atomic E-state index is 4.37. The molecule has 0 aliphatic heterocycles. The van der Waals surface area contributed by atoms with E-state index in [9.17, 15) is 0 Å². The molecule has 94 valence electrons. The molecule has 0 aliphatic rings. The quantitative estimate of drug-likeness (QED) is 0.736. The standard InChI is InChI=1S/C12H12BrIN4/c1-2-15-12-16-6-5-11(18-12)17-10-4-3-8(14)7-9(10)13/h3-7H,2H2,1H3,(H2,15,16,17,18). The summed E-state index contributed by atoms with van der Waals surface area (Å²) in [5.74, 6) is 1.40. The van der Waals surface area contributed by atoms with Gasteiger partial charge in [-0.15, -0.1) is 0 Å². The van der Waals surface area contributed by atoms with Gasteiger partial charge >= 0.3 is 0 Å². The Morgan fingerprint density at radius 1 is 1.33 bits per heavy atom. The van der Waals surface area contributed by atoms with Crippen LogP contribution in [0.2, 0.25) is 0 Å². The van der Waals surface area contributed by atoms with E-state index >= 15 is 0 Å². The van der Waals surface area contributed by atoms with Crippen molar-refractivity contribution in [1.82, 2.24) is 9.97 Å². The van der Waals surface area contributed by atoms with Gasteiger partial charge in [0, 0.05) is 20.8 Å². The first kappa shape index (κ1) is 13.5. The second kappa shape index (κ2) is 6.33. The van der Waals surface area contributed by atoms with Gasteiger partial charge in [0.2, 0.25) is 5.95 Å². The molecular weight excluding hydrogens is 407 g/mol. The molecular formula is C12H12BrIN4. The number of anilines is 3. The Balaban J connectivity index is 2.20. The number of hydrogen-bond donors (Lipinski definition) is 2. The molecule has 0 amide bonds. The number of aromatic nitrogens is 2. The second-order valence-corrected chi connectivity index (χ2v) is 5.64. The van der Waals surface area contributed by atoms with E-state index in [-0.39, 0.29) is 0 Å². The van der Waals surface area contributed by atoms with Crippen LogP contribution in [0, 0.1) is 3.57 Å². The van der Waals surface area contributed by atoms with Gasteiger partial charge in [-0.05, 0) is 69.7 Å². The SMILES string of the molecule is CCNc1nccc(Nc2ccc(I)cc2Br)n1. The smallest absolute Gasteiger partial charge is 0.224 e. The van der Waals surface area contributed by atoms with E-state index in [2.05, 4.69) is 65.2 Å². The minimum Gasteiger partial charge on any atom is -0.354 e. The van der Waals surface area contributed by atoms with E-state index < -0.39 is 0 Å². The topological polar surface area (TPSA) is 49.8 Å². The Morgan fingerprint density at radius 2 is 2.17 bits per heavy atom. The molecule has 0 spiro atoms. The van der Waals surface area contributed by atoms with Gasteiger partial charge in [0.15, 0.2) is 0 Å². The van der Waals surface area contributed by atoms with Gasteiger partial charge in [-0.2, -0.15) is 4.98 Å². The highest BCUT2D eigenvalue weighted by Gasteiger charge is 2.03. The maximum Gasteiger partial charge on any atom is 0.224 e. The van der Waals surface area contributed by atoms with E-state index in [4.69, 9.17) is 0 Å². The van der Waals surface area contributed by atoms with Crippen LogP contribution in [0.4, 0.5) is 17.5 Å². The zero-order valence-electron chi connectivity index (χ0n) is 9.74. The predicted molar refractivity (Wildman–Crippen MR) is 86.3 cm³/mol. The monoisotopic (exact) mass is 418 g/mol. The summed E-state index contributed by atoms with van der Waals surface area (Å²) in [6.45, 7) is 2.82. The van der Waals surface area contributed by atoms with Crippen molar-refractivity contribution in [2.24, 2.45) is 0 Å². The van der Waals surface area contributed by atoms with Gasteiger partial charge in [0.1, 0.15) is 5.82 Å². The van der Waals surface area contributed by atoms with Crippen LogP contribution < -0.4 is 10.6 Å². The number of benzene rings is 1. The van der Waals surface area contributed by atoms with Crippen LogP contribution in [0.1, 0.15) is 6.92 Å². The highest BCUT2D eigenvalue weighted by molar-refractivity contribution is 14.1. The molecule has 0 unspecified atom stereocenters. The molecule has 1 aromatic heterocycles. The Bertz CT molecular complexity index is 547. The number of rotatable bonds is 4. The van der Waals surface area contributed by atoms with Crippen LogP contribution in [0.15, 0.2) is 34.9 Å². The second-order valence-electron chi connectivity index (χ2n) is 3.54. The molecule has 2 N–H and O–H groups in total. The third-order valence-electron chi connectivity index (χ3n) is 2.18. The highest BCUT2D eigenvalue weighted by Crippen LogP contribution is 2.26. The molecule has 0 saturated heterocycles. The van der Waals surface area contributed by atoms with Crippen LogP contribution >= 0.6 is 38.5 Å². The Labute approximate surface area is 128 Å². The maximum atomic E-state index is 4.37. The molecule has 0 radical (unpaired) electrons. The summed E-state index contributed by atoms with van der Waals surface area (Å²) in [6.07, 6.45) is 1.73. The third kappa shape index (κ3) is 3.55. The summed E-state index contributed by atoms with van der Waals surface area (Å²) in [5, 5.41) is 6.34. The molecule has 0 aliphatic carbocycles. The van der Waals surface area contributed by atoms with Crippen molar-refractivity contribution >= 4 is 56.0 Å². The molecule has 0 saturated carbocycles. The summed E-state index contributed by atoms with van der Waals surface area (Å²) in [7, 11) is 0. The first-order valence-electron chi connectivity index (χ1n) is 5.48. The lowest BCUT2D eigenvalue weighted by atomic mass is 10.3. The minimum atomic E-state index is 0.629. The van der Waals surface area contributed by atoms with Crippen molar-refractivity contribution in [3.63, 3.8) is 0 Å². The molecule has 4 nitrogen and oxygen atoms in total. The lowest BCUT2D eigenvalue weighted by molar-refractivity contribution is 1.09. The molecule has 18 heavy (non-hydrogen) atoms. The normalized spacial score (nSPS) is 10.2. The fraction of sp³-hybridized carbons (Fsp3) is 0.167. The summed E-state index contributed by atoms with van der Waals surface area (Å²) >= 11 is 5.80. The average molecular weight is 419 g/mol. The first-order valence-corrected chi connectivity index (χ1v) is 7.35. The molecule has 2 aromatic rings. The Morgan fingerprint density at radius 3 is 2.89 bits per heavy atom. The number of halogens is 2. The van der Waals surface area contributed by atoms with Crippen molar-refractivity contribution in [1.29, 1.82) is 0 Å². The van der Waals surface area contributed by atoms with Crippen molar-refractivity contribution in [2.45, 2.75) is 6.92 Å².